The van der Waals surface area contributed by atoms with Crippen molar-refractivity contribution in [2.24, 2.45) is 5.41 Å². The number of halogens is 1. The average molecular weight is 281 g/mol. The molecule has 1 aliphatic carbocycles. The molecule has 0 unspecified atom stereocenters. The van der Waals surface area contributed by atoms with Gasteiger partial charge in [-0.3, -0.25) is 0 Å². The summed E-state index contributed by atoms with van der Waals surface area (Å²) in [5.41, 5.74) is 0.0341. The molecule has 20 heavy (non-hydrogen) atoms. The van der Waals surface area contributed by atoms with E-state index in [2.05, 4.69) is 5.32 Å². The van der Waals surface area contributed by atoms with Gasteiger partial charge in [0.2, 0.25) is 0 Å². The van der Waals surface area contributed by atoms with Crippen LogP contribution in [-0.2, 0) is 0 Å². The molecule has 0 aromatic heterocycles. The standard InChI is InChI=1S/C15H20FNO3/c16-12-8-11(14(19)20)4-5-13(12)17-9-15(10-18)6-2-1-3-7-15/h4-5,8,17-18H,1-3,6-7,9-10H2,(H,19,20). The van der Waals surface area contributed by atoms with Gasteiger partial charge in [0.1, 0.15) is 5.82 Å². The third-order valence-corrected chi connectivity index (χ3v) is 4.12. The van der Waals surface area contributed by atoms with Crippen molar-refractivity contribution in [2.75, 3.05) is 18.5 Å². The van der Waals surface area contributed by atoms with Crippen LogP contribution in [-0.4, -0.2) is 29.3 Å². The summed E-state index contributed by atoms with van der Waals surface area (Å²) in [6.45, 7) is 0.599. The Morgan fingerprint density at radius 2 is 2.00 bits per heavy atom. The van der Waals surface area contributed by atoms with E-state index in [0.29, 0.717) is 6.54 Å². The summed E-state index contributed by atoms with van der Waals surface area (Å²) in [4.78, 5) is 10.7. The Morgan fingerprint density at radius 1 is 1.30 bits per heavy atom. The molecular formula is C15H20FNO3. The number of benzene rings is 1. The highest BCUT2D eigenvalue weighted by Gasteiger charge is 2.31. The van der Waals surface area contributed by atoms with Crippen LogP contribution in [0.3, 0.4) is 0 Å². The largest absolute Gasteiger partial charge is 0.478 e. The minimum atomic E-state index is -1.14. The first-order valence-electron chi connectivity index (χ1n) is 6.94. The molecule has 110 valence electrons. The number of carboxylic acids is 1. The molecule has 1 saturated carbocycles. The summed E-state index contributed by atoms with van der Waals surface area (Å²) in [7, 11) is 0. The van der Waals surface area contributed by atoms with Gasteiger partial charge in [0, 0.05) is 12.0 Å². The normalized spacial score (nSPS) is 17.7. The fourth-order valence-electron chi connectivity index (χ4n) is 2.77. The van der Waals surface area contributed by atoms with Gasteiger partial charge in [-0.2, -0.15) is 0 Å². The van der Waals surface area contributed by atoms with Crippen LogP contribution in [0, 0.1) is 11.2 Å². The van der Waals surface area contributed by atoms with E-state index in [1.54, 1.807) is 0 Å². The maximum absolute atomic E-state index is 13.8. The Bertz CT molecular complexity index is 484. The fourth-order valence-corrected chi connectivity index (χ4v) is 2.77. The third kappa shape index (κ3) is 3.28. The van der Waals surface area contributed by atoms with E-state index in [0.717, 1.165) is 31.7 Å². The van der Waals surface area contributed by atoms with Crippen molar-refractivity contribution in [2.45, 2.75) is 32.1 Å². The number of aliphatic hydroxyl groups is 1. The van der Waals surface area contributed by atoms with Crippen molar-refractivity contribution in [3.05, 3.63) is 29.6 Å². The van der Waals surface area contributed by atoms with Crippen LogP contribution in [0.4, 0.5) is 10.1 Å². The minimum Gasteiger partial charge on any atom is -0.478 e. The quantitative estimate of drug-likeness (QED) is 0.776. The zero-order valence-electron chi connectivity index (χ0n) is 11.4. The summed E-state index contributed by atoms with van der Waals surface area (Å²) in [6.07, 6.45) is 5.23. The molecule has 1 fully saturated rings. The van der Waals surface area contributed by atoms with Gasteiger partial charge in [-0.25, -0.2) is 9.18 Å². The number of anilines is 1. The molecule has 2 rings (SSSR count). The topological polar surface area (TPSA) is 69.6 Å². The van der Waals surface area contributed by atoms with Crippen molar-refractivity contribution in [1.82, 2.24) is 0 Å². The summed E-state index contributed by atoms with van der Waals surface area (Å²) in [5, 5.41) is 21.4. The van der Waals surface area contributed by atoms with Crippen LogP contribution in [0.1, 0.15) is 42.5 Å². The van der Waals surface area contributed by atoms with Gasteiger partial charge < -0.3 is 15.5 Å². The second-order valence-electron chi connectivity index (χ2n) is 5.57. The van der Waals surface area contributed by atoms with Crippen molar-refractivity contribution in [3.63, 3.8) is 0 Å². The first-order chi connectivity index (χ1) is 9.56. The summed E-state index contributed by atoms with van der Waals surface area (Å²) in [6, 6.07) is 3.82. The number of hydrogen-bond donors (Lipinski definition) is 3. The first kappa shape index (κ1) is 14.8. The maximum Gasteiger partial charge on any atom is 0.335 e. The van der Waals surface area contributed by atoms with E-state index in [1.165, 1.54) is 18.6 Å². The lowest BCUT2D eigenvalue weighted by molar-refractivity contribution is 0.0696. The smallest absolute Gasteiger partial charge is 0.335 e. The van der Waals surface area contributed by atoms with E-state index < -0.39 is 11.8 Å². The van der Waals surface area contributed by atoms with Crippen LogP contribution >= 0.6 is 0 Å². The number of aromatic carboxylic acids is 1. The van der Waals surface area contributed by atoms with Crippen LogP contribution < -0.4 is 5.32 Å². The monoisotopic (exact) mass is 281 g/mol. The Labute approximate surface area is 117 Å². The van der Waals surface area contributed by atoms with Crippen molar-refractivity contribution in [1.29, 1.82) is 0 Å². The van der Waals surface area contributed by atoms with Gasteiger partial charge in [0.15, 0.2) is 0 Å². The number of aliphatic hydroxyl groups excluding tert-OH is 1. The first-order valence-corrected chi connectivity index (χ1v) is 6.94. The summed E-state index contributed by atoms with van der Waals surface area (Å²) in [5.74, 6) is -1.72. The fraction of sp³-hybridized carbons (Fsp3) is 0.533. The molecular weight excluding hydrogens is 261 g/mol. The minimum absolute atomic E-state index is 0.0670. The lowest BCUT2D eigenvalue weighted by Gasteiger charge is -2.36. The zero-order valence-corrected chi connectivity index (χ0v) is 11.4. The molecule has 0 amide bonds. The lowest BCUT2D eigenvalue weighted by Crippen LogP contribution is -2.35. The van der Waals surface area contributed by atoms with E-state index in [-0.39, 0.29) is 23.3 Å². The molecule has 0 spiro atoms. The number of nitrogens with one attached hydrogen (secondary N) is 1. The summed E-state index contributed by atoms with van der Waals surface area (Å²) < 4.78 is 13.8. The lowest BCUT2D eigenvalue weighted by atomic mass is 9.74. The molecule has 0 heterocycles. The Kier molecular flexibility index (Phi) is 4.60. The second-order valence-corrected chi connectivity index (χ2v) is 5.57. The van der Waals surface area contributed by atoms with Crippen molar-refractivity contribution in [3.8, 4) is 0 Å². The van der Waals surface area contributed by atoms with Gasteiger partial charge in [0.05, 0.1) is 17.9 Å². The van der Waals surface area contributed by atoms with E-state index >= 15 is 0 Å². The zero-order chi connectivity index (χ0) is 14.6. The predicted molar refractivity (Wildman–Crippen MR) is 74.5 cm³/mol. The SMILES string of the molecule is O=C(O)c1ccc(NCC2(CO)CCCCC2)c(F)c1. The van der Waals surface area contributed by atoms with Crippen molar-refractivity contribution >= 4 is 11.7 Å². The number of hydrogen-bond acceptors (Lipinski definition) is 3. The molecule has 4 nitrogen and oxygen atoms in total. The molecule has 3 N–H and O–H groups in total. The van der Waals surface area contributed by atoms with Crippen molar-refractivity contribution < 1.29 is 19.4 Å². The molecule has 0 aliphatic heterocycles. The number of carboxylic acid groups (broad SMARTS) is 1. The van der Waals surface area contributed by atoms with Crippen LogP contribution in [0.25, 0.3) is 0 Å². The van der Waals surface area contributed by atoms with Gasteiger partial charge in [0.25, 0.3) is 0 Å². The molecule has 1 aliphatic rings. The molecule has 1 aromatic carbocycles. The Hall–Kier alpha value is -1.62. The van der Waals surface area contributed by atoms with Gasteiger partial charge in [-0.1, -0.05) is 19.3 Å². The van der Waals surface area contributed by atoms with Crippen LogP contribution in [0.5, 0.6) is 0 Å². The third-order valence-electron chi connectivity index (χ3n) is 4.12. The molecule has 0 bridgehead atoms. The van der Waals surface area contributed by atoms with E-state index in [9.17, 15) is 14.3 Å². The molecule has 0 atom stereocenters. The highest BCUT2D eigenvalue weighted by atomic mass is 19.1. The van der Waals surface area contributed by atoms with Crippen LogP contribution in [0.15, 0.2) is 18.2 Å². The Morgan fingerprint density at radius 3 is 2.55 bits per heavy atom. The van der Waals surface area contributed by atoms with Gasteiger partial charge in [-0.05, 0) is 31.0 Å². The average Bonchev–Trinajstić information content (AvgIpc) is 2.47. The number of rotatable bonds is 5. The van der Waals surface area contributed by atoms with Crippen LogP contribution in [0.2, 0.25) is 0 Å². The highest BCUT2D eigenvalue weighted by molar-refractivity contribution is 5.88. The van der Waals surface area contributed by atoms with Gasteiger partial charge >= 0.3 is 5.97 Å². The molecule has 5 heteroatoms. The Balaban J connectivity index is 2.04. The van der Waals surface area contributed by atoms with Gasteiger partial charge in [-0.15, -0.1) is 0 Å². The summed E-state index contributed by atoms with van der Waals surface area (Å²) >= 11 is 0. The van der Waals surface area contributed by atoms with E-state index in [4.69, 9.17) is 5.11 Å². The van der Waals surface area contributed by atoms with E-state index in [1.807, 2.05) is 0 Å². The molecule has 0 saturated heterocycles. The molecule has 0 radical (unpaired) electrons. The predicted octanol–water partition coefficient (Wildman–Crippen LogP) is 2.88. The maximum atomic E-state index is 13.8. The molecule has 1 aromatic rings. The second kappa shape index (κ2) is 6.22. The number of carbonyl (C=O) groups is 1. The highest BCUT2D eigenvalue weighted by Crippen LogP contribution is 2.36.